The molecule has 0 aliphatic carbocycles. The quantitative estimate of drug-likeness (QED) is 0.759. The third kappa shape index (κ3) is 2.82. The molecule has 1 unspecified atom stereocenters. The van der Waals surface area contributed by atoms with Crippen molar-refractivity contribution in [3.8, 4) is 0 Å². The smallest absolute Gasteiger partial charge is 0.123 e. The van der Waals surface area contributed by atoms with E-state index in [4.69, 9.17) is 0 Å². The van der Waals surface area contributed by atoms with E-state index in [-0.39, 0.29) is 11.9 Å². The summed E-state index contributed by atoms with van der Waals surface area (Å²) in [5, 5.41) is 4.30. The number of hydrogen-bond acceptors (Lipinski definition) is 2. The van der Waals surface area contributed by atoms with Crippen molar-refractivity contribution in [1.29, 1.82) is 0 Å². The highest BCUT2D eigenvalue weighted by molar-refractivity contribution is 9.10. The summed E-state index contributed by atoms with van der Waals surface area (Å²) >= 11 is 3.49. The highest BCUT2D eigenvalue weighted by Crippen LogP contribution is 2.30. The Kier molecular flexibility index (Phi) is 3.99. The zero-order chi connectivity index (χ0) is 14.8. The normalized spacial score (nSPS) is 12.5. The topological polar surface area (TPSA) is 24.9 Å². The van der Waals surface area contributed by atoms with Crippen molar-refractivity contribution in [2.75, 3.05) is 7.05 Å². The SMILES string of the molecule is CNC(c1cnc2ccccc2c1)c1cc(F)ccc1Br. The molecule has 2 nitrogen and oxygen atoms in total. The van der Waals surface area contributed by atoms with Crippen LogP contribution in [0.5, 0.6) is 0 Å². The molecule has 0 radical (unpaired) electrons. The lowest BCUT2D eigenvalue weighted by atomic mass is 9.99. The number of aromatic nitrogens is 1. The fraction of sp³-hybridized carbons (Fsp3) is 0.118. The summed E-state index contributed by atoms with van der Waals surface area (Å²) in [5.74, 6) is -0.248. The van der Waals surface area contributed by atoms with Gasteiger partial charge in [-0.05, 0) is 48.5 Å². The van der Waals surface area contributed by atoms with Gasteiger partial charge in [-0.2, -0.15) is 0 Å². The Bertz CT molecular complexity index is 789. The van der Waals surface area contributed by atoms with Crippen LogP contribution in [-0.4, -0.2) is 12.0 Å². The minimum absolute atomic E-state index is 0.118. The van der Waals surface area contributed by atoms with Gasteiger partial charge in [0.1, 0.15) is 5.82 Å². The summed E-state index contributed by atoms with van der Waals surface area (Å²) in [6, 6.07) is 14.6. The van der Waals surface area contributed by atoms with E-state index in [0.717, 1.165) is 26.5 Å². The highest BCUT2D eigenvalue weighted by atomic mass is 79.9. The lowest BCUT2D eigenvalue weighted by Gasteiger charge is -2.19. The summed E-state index contributed by atoms with van der Waals surface area (Å²) in [6.45, 7) is 0. The molecule has 0 aliphatic rings. The molecular formula is C17H14BrFN2. The standard InChI is InChI=1S/C17H14BrFN2/c1-20-17(14-9-13(19)6-7-15(14)18)12-8-11-4-2-3-5-16(11)21-10-12/h2-10,17,20H,1H3. The molecule has 0 amide bonds. The van der Waals surface area contributed by atoms with Crippen LogP contribution in [0.1, 0.15) is 17.2 Å². The number of fused-ring (bicyclic) bond motifs is 1. The van der Waals surface area contributed by atoms with Crippen molar-refractivity contribution in [3.05, 3.63) is 76.1 Å². The summed E-state index contributed by atoms with van der Waals surface area (Å²) < 4.78 is 14.4. The van der Waals surface area contributed by atoms with Crippen molar-refractivity contribution < 1.29 is 4.39 Å². The average molecular weight is 345 g/mol. The third-order valence-electron chi connectivity index (χ3n) is 3.50. The van der Waals surface area contributed by atoms with Crippen LogP contribution >= 0.6 is 15.9 Å². The number of para-hydroxylation sites is 1. The maximum Gasteiger partial charge on any atom is 0.123 e. The highest BCUT2D eigenvalue weighted by Gasteiger charge is 2.16. The molecule has 0 aliphatic heterocycles. The number of hydrogen-bond donors (Lipinski definition) is 1. The minimum atomic E-state index is -0.248. The van der Waals surface area contributed by atoms with Crippen LogP contribution in [0.25, 0.3) is 10.9 Å². The maximum absolute atomic E-state index is 13.5. The van der Waals surface area contributed by atoms with E-state index in [1.165, 1.54) is 6.07 Å². The van der Waals surface area contributed by atoms with Gasteiger partial charge >= 0.3 is 0 Å². The lowest BCUT2D eigenvalue weighted by molar-refractivity contribution is 0.615. The Labute approximate surface area is 131 Å². The molecule has 21 heavy (non-hydrogen) atoms. The Morgan fingerprint density at radius 1 is 1.14 bits per heavy atom. The number of benzene rings is 2. The predicted molar refractivity (Wildman–Crippen MR) is 86.7 cm³/mol. The van der Waals surface area contributed by atoms with Crippen LogP contribution in [0.15, 0.2) is 59.2 Å². The van der Waals surface area contributed by atoms with Crippen LogP contribution in [0, 0.1) is 5.82 Å². The summed E-state index contributed by atoms with van der Waals surface area (Å²) in [6.07, 6.45) is 1.83. The second kappa shape index (κ2) is 5.92. The number of halogens is 2. The molecule has 0 saturated heterocycles. The summed E-state index contributed by atoms with van der Waals surface area (Å²) in [5.41, 5.74) is 2.81. The van der Waals surface area contributed by atoms with Gasteiger partial charge < -0.3 is 5.32 Å². The van der Waals surface area contributed by atoms with Gasteiger partial charge in [-0.3, -0.25) is 4.98 Å². The molecule has 0 bridgehead atoms. The van der Waals surface area contributed by atoms with Gasteiger partial charge in [0.15, 0.2) is 0 Å². The molecular weight excluding hydrogens is 331 g/mol. The first-order valence-electron chi connectivity index (χ1n) is 6.66. The number of pyridine rings is 1. The fourth-order valence-corrected chi connectivity index (χ4v) is 2.96. The van der Waals surface area contributed by atoms with Gasteiger partial charge in [0.05, 0.1) is 11.6 Å². The first-order chi connectivity index (χ1) is 10.2. The zero-order valence-electron chi connectivity index (χ0n) is 11.5. The van der Waals surface area contributed by atoms with E-state index < -0.39 is 0 Å². The number of rotatable bonds is 3. The Hall–Kier alpha value is -1.78. The molecule has 0 fully saturated rings. The Morgan fingerprint density at radius 3 is 2.76 bits per heavy atom. The van der Waals surface area contributed by atoms with Gasteiger partial charge in [-0.25, -0.2) is 4.39 Å². The van der Waals surface area contributed by atoms with Gasteiger partial charge in [-0.1, -0.05) is 34.1 Å². The third-order valence-corrected chi connectivity index (χ3v) is 4.22. The van der Waals surface area contributed by atoms with E-state index in [1.54, 1.807) is 12.1 Å². The fourth-order valence-electron chi connectivity index (χ4n) is 2.48. The van der Waals surface area contributed by atoms with Crippen molar-refractivity contribution in [3.63, 3.8) is 0 Å². The summed E-state index contributed by atoms with van der Waals surface area (Å²) in [4.78, 5) is 4.48. The predicted octanol–water partition coefficient (Wildman–Crippen LogP) is 4.45. The van der Waals surface area contributed by atoms with Crippen LogP contribution in [0.3, 0.4) is 0 Å². The monoisotopic (exact) mass is 344 g/mol. The van der Waals surface area contributed by atoms with E-state index >= 15 is 0 Å². The van der Waals surface area contributed by atoms with E-state index in [9.17, 15) is 4.39 Å². The second-order valence-electron chi connectivity index (χ2n) is 4.85. The molecule has 0 saturated carbocycles. The molecule has 0 spiro atoms. The zero-order valence-corrected chi connectivity index (χ0v) is 13.1. The van der Waals surface area contributed by atoms with Crippen molar-refractivity contribution in [2.24, 2.45) is 0 Å². The number of nitrogens with one attached hydrogen (secondary N) is 1. The number of nitrogens with zero attached hydrogens (tertiary/aromatic N) is 1. The van der Waals surface area contributed by atoms with Crippen molar-refractivity contribution in [1.82, 2.24) is 10.3 Å². The molecule has 2 aromatic carbocycles. The maximum atomic E-state index is 13.5. The molecule has 1 aromatic heterocycles. The molecule has 1 atom stereocenters. The Balaban J connectivity index is 2.11. The molecule has 3 aromatic rings. The van der Waals surface area contributed by atoms with Crippen molar-refractivity contribution in [2.45, 2.75) is 6.04 Å². The Morgan fingerprint density at radius 2 is 1.95 bits per heavy atom. The van der Waals surface area contributed by atoms with Crippen LogP contribution in [0.4, 0.5) is 4.39 Å². The minimum Gasteiger partial charge on any atom is -0.309 e. The van der Waals surface area contributed by atoms with Gasteiger partial charge in [-0.15, -0.1) is 0 Å². The van der Waals surface area contributed by atoms with Gasteiger partial charge in [0.25, 0.3) is 0 Å². The first-order valence-corrected chi connectivity index (χ1v) is 7.45. The van der Waals surface area contributed by atoms with E-state index in [2.05, 4.69) is 32.3 Å². The van der Waals surface area contributed by atoms with Crippen molar-refractivity contribution >= 4 is 26.8 Å². The van der Waals surface area contributed by atoms with E-state index in [1.807, 2.05) is 37.5 Å². The first kappa shape index (κ1) is 14.2. The molecule has 1 heterocycles. The van der Waals surface area contributed by atoms with Gasteiger partial charge in [0.2, 0.25) is 0 Å². The molecule has 4 heteroatoms. The van der Waals surface area contributed by atoms with Crippen LogP contribution in [-0.2, 0) is 0 Å². The summed E-state index contributed by atoms with van der Waals surface area (Å²) in [7, 11) is 1.86. The molecule has 3 rings (SSSR count). The largest absolute Gasteiger partial charge is 0.309 e. The van der Waals surface area contributed by atoms with Crippen LogP contribution < -0.4 is 5.32 Å². The molecule has 1 N–H and O–H groups in total. The average Bonchev–Trinajstić information content (AvgIpc) is 2.51. The van der Waals surface area contributed by atoms with Crippen LogP contribution in [0.2, 0.25) is 0 Å². The second-order valence-corrected chi connectivity index (χ2v) is 5.70. The van der Waals surface area contributed by atoms with Gasteiger partial charge in [0, 0.05) is 16.1 Å². The lowest BCUT2D eigenvalue weighted by Crippen LogP contribution is -2.18. The van der Waals surface area contributed by atoms with E-state index in [0.29, 0.717) is 0 Å². The molecule has 106 valence electrons.